The second-order valence-corrected chi connectivity index (χ2v) is 4.50. The quantitative estimate of drug-likeness (QED) is 0.766. The molecule has 0 spiro atoms. The second kappa shape index (κ2) is 4.62. The van der Waals surface area contributed by atoms with Crippen LogP contribution in [0.15, 0.2) is 30.3 Å². The van der Waals surface area contributed by atoms with Crippen LogP contribution in [0.5, 0.6) is 0 Å². The summed E-state index contributed by atoms with van der Waals surface area (Å²) in [5, 5.41) is 7.21. The molecule has 15 heavy (non-hydrogen) atoms. The first-order valence-electron chi connectivity index (χ1n) is 5.38. The van der Waals surface area contributed by atoms with Crippen molar-refractivity contribution in [2.75, 3.05) is 5.32 Å². The van der Waals surface area contributed by atoms with E-state index in [-0.39, 0.29) is 0 Å². The van der Waals surface area contributed by atoms with Crippen LogP contribution in [0.1, 0.15) is 19.8 Å². The molecule has 1 aliphatic rings. The number of rotatable bonds is 3. The van der Waals surface area contributed by atoms with E-state index in [9.17, 15) is 0 Å². The molecule has 1 fully saturated rings. The zero-order valence-electron chi connectivity index (χ0n) is 8.86. The van der Waals surface area contributed by atoms with Crippen molar-refractivity contribution < 1.29 is 0 Å². The van der Waals surface area contributed by atoms with Gasteiger partial charge in [0.25, 0.3) is 0 Å². The van der Waals surface area contributed by atoms with Gasteiger partial charge in [0.15, 0.2) is 5.11 Å². The molecule has 0 amide bonds. The summed E-state index contributed by atoms with van der Waals surface area (Å²) >= 11 is 5.24. The highest BCUT2D eigenvalue weighted by molar-refractivity contribution is 7.80. The summed E-state index contributed by atoms with van der Waals surface area (Å²) in [6, 6.07) is 10.5. The average Bonchev–Trinajstić information content (AvgIpc) is 3.01. The molecule has 1 saturated carbocycles. The van der Waals surface area contributed by atoms with Gasteiger partial charge in [0.05, 0.1) is 0 Å². The Kier molecular flexibility index (Phi) is 3.21. The summed E-state index contributed by atoms with van der Waals surface area (Å²) < 4.78 is 0. The number of hydrogen-bond donors (Lipinski definition) is 2. The van der Waals surface area contributed by atoms with Crippen molar-refractivity contribution >= 4 is 23.0 Å². The Morgan fingerprint density at radius 1 is 1.33 bits per heavy atom. The summed E-state index contributed by atoms with van der Waals surface area (Å²) in [6.45, 7) is 2.19. The molecular weight excluding hydrogens is 204 g/mol. The van der Waals surface area contributed by atoms with Gasteiger partial charge >= 0.3 is 0 Å². The third kappa shape index (κ3) is 3.20. The Hall–Kier alpha value is -1.09. The minimum atomic E-state index is 0.494. The lowest BCUT2D eigenvalue weighted by Crippen LogP contribution is -2.37. The molecule has 1 unspecified atom stereocenters. The molecule has 1 aromatic carbocycles. The number of hydrogen-bond acceptors (Lipinski definition) is 1. The summed E-state index contributed by atoms with van der Waals surface area (Å²) in [5.74, 6) is 0.820. The molecule has 0 heterocycles. The van der Waals surface area contributed by atoms with Crippen LogP contribution < -0.4 is 10.6 Å². The Labute approximate surface area is 96.1 Å². The van der Waals surface area contributed by atoms with Gasteiger partial charge < -0.3 is 10.6 Å². The molecule has 3 heteroatoms. The maximum atomic E-state index is 5.24. The average molecular weight is 220 g/mol. The lowest BCUT2D eigenvalue weighted by Gasteiger charge is -2.16. The Balaban J connectivity index is 1.81. The molecule has 1 aliphatic carbocycles. The zero-order chi connectivity index (χ0) is 10.7. The first kappa shape index (κ1) is 10.4. The standard InChI is InChI=1S/C12H16N2S/c1-9(10-7-8-10)13-12(15)14-11-5-3-2-4-6-11/h2-6,9-10H,7-8H2,1H3,(H2,13,14,15). The van der Waals surface area contributed by atoms with Crippen LogP contribution in [0.25, 0.3) is 0 Å². The lowest BCUT2D eigenvalue weighted by molar-refractivity contribution is 0.590. The van der Waals surface area contributed by atoms with Gasteiger partial charge in [-0.15, -0.1) is 0 Å². The summed E-state index contributed by atoms with van der Waals surface area (Å²) in [7, 11) is 0. The van der Waals surface area contributed by atoms with Crippen LogP contribution in [-0.4, -0.2) is 11.2 Å². The molecule has 2 nitrogen and oxygen atoms in total. The SMILES string of the molecule is CC(NC(=S)Nc1ccccc1)C1CC1. The van der Waals surface area contributed by atoms with Crippen LogP contribution in [0.4, 0.5) is 5.69 Å². The first-order chi connectivity index (χ1) is 7.25. The lowest BCUT2D eigenvalue weighted by atomic mass is 10.2. The number of para-hydroxylation sites is 1. The minimum Gasteiger partial charge on any atom is -0.360 e. The zero-order valence-corrected chi connectivity index (χ0v) is 9.68. The van der Waals surface area contributed by atoms with Gasteiger partial charge in [0.1, 0.15) is 0 Å². The van der Waals surface area contributed by atoms with E-state index in [1.165, 1.54) is 12.8 Å². The van der Waals surface area contributed by atoms with Crippen molar-refractivity contribution in [1.29, 1.82) is 0 Å². The van der Waals surface area contributed by atoms with E-state index in [0.717, 1.165) is 16.7 Å². The number of thiocarbonyl (C=S) groups is 1. The van der Waals surface area contributed by atoms with Crippen LogP contribution in [0.3, 0.4) is 0 Å². The van der Waals surface area contributed by atoms with E-state index in [0.29, 0.717) is 6.04 Å². The molecule has 0 aliphatic heterocycles. The third-order valence-corrected chi connectivity index (χ3v) is 2.94. The molecule has 0 radical (unpaired) electrons. The van der Waals surface area contributed by atoms with Crippen molar-refractivity contribution in [3.05, 3.63) is 30.3 Å². The maximum Gasteiger partial charge on any atom is 0.170 e. The number of nitrogens with one attached hydrogen (secondary N) is 2. The van der Waals surface area contributed by atoms with Crippen molar-refractivity contribution in [3.8, 4) is 0 Å². The molecule has 2 rings (SSSR count). The van der Waals surface area contributed by atoms with Gasteiger partial charge in [-0.25, -0.2) is 0 Å². The minimum absolute atomic E-state index is 0.494. The monoisotopic (exact) mass is 220 g/mol. The third-order valence-electron chi connectivity index (χ3n) is 2.72. The number of benzene rings is 1. The molecule has 0 saturated heterocycles. The van der Waals surface area contributed by atoms with E-state index < -0.39 is 0 Å². The highest BCUT2D eigenvalue weighted by atomic mass is 32.1. The molecule has 80 valence electrons. The van der Waals surface area contributed by atoms with Crippen LogP contribution in [-0.2, 0) is 0 Å². The van der Waals surface area contributed by atoms with Crippen LogP contribution >= 0.6 is 12.2 Å². The predicted octanol–water partition coefficient (Wildman–Crippen LogP) is 2.77. The van der Waals surface area contributed by atoms with Crippen LogP contribution in [0, 0.1) is 5.92 Å². The Morgan fingerprint density at radius 2 is 2.00 bits per heavy atom. The largest absolute Gasteiger partial charge is 0.360 e. The summed E-state index contributed by atoms with van der Waals surface area (Å²) in [5.41, 5.74) is 1.04. The number of anilines is 1. The van der Waals surface area contributed by atoms with Gasteiger partial charge in [-0.1, -0.05) is 18.2 Å². The van der Waals surface area contributed by atoms with Crippen molar-refractivity contribution in [1.82, 2.24) is 5.32 Å². The molecular formula is C12H16N2S. The second-order valence-electron chi connectivity index (χ2n) is 4.09. The maximum absolute atomic E-state index is 5.24. The van der Waals surface area contributed by atoms with Crippen molar-refractivity contribution in [2.24, 2.45) is 5.92 Å². The fourth-order valence-corrected chi connectivity index (χ4v) is 1.91. The van der Waals surface area contributed by atoms with E-state index in [2.05, 4.69) is 17.6 Å². The van der Waals surface area contributed by atoms with Gasteiger partial charge in [-0.2, -0.15) is 0 Å². The van der Waals surface area contributed by atoms with Gasteiger partial charge in [-0.05, 0) is 50.0 Å². The highest BCUT2D eigenvalue weighted by Crippen LogP contribution is 2.32. The van der Waals surface area contributed by atoms with Crippen LogP contribution in [0.2, 0.25) is 0 Å². The van der Waals surface area contributed by atoms with Gasteiger partial charge in [-0.3, -0.25) is 0 Å². The van der Waals surface area contributed by atoms with Crippen molar-refractivity contribution in [3.63, 3.8) is 0 Å². The Morgan fingerprint density at radius 3 is 2.60 bits per heavy atom. The van der Waals surface area contributed by atoms with Gasteiger partial charge in [0, 0.05) is 11.7 Å². The van der Waals surface area contributed by atoms with Crippen molar-refractivity contribution in [2.45, 2.75) is 25.8 Å². The summed E-state index contributed by atoms with van der Waals surface area (Å²) in [4.78, 5) is 0. The van der Waals surface area contributed by atoms with Gasteiger partial charge in [0.2, 0.25) is 0 Å². The Bertz CT molecular complexity index is 333. The molecule has 1 atom stereocenters. The predicted molar refractivity (Wildman–Crippen MR) is 68.0 cm³/mol. The normalized spacial score (nSPS) is 16.9. The highest BCUT2D eigenvalue weighted by Gasteiger charge is 2.28. The topological polar surface area (TPSA) is 24.1 Å². The molecule has 0 bridgehead atoms. The smallest absolute Gasteiger partial charge is 0.170 e. The van der Waals surface area contributed by atoms with E-state index in [1.54, 1.807) is 0 Å². The fraction of sp³-hybridized carbons (Fsp3) is 0.417. The molecule has 1 aromatic rings. The van der Waals surface area contributed by atoms with E-state index in [4.69, 9.17) is 12.2 Å². The van der Waals surface area contributed by atoms with E-state index in [1.807, 2.05) is 30.3 Å². The molecule has 0 aromatic heterocycles. The fourth-order valence-electron chi connectivity index (χ4n) is 1.61. The first-order valence-corrected chi connectivity index (χ1v) is 5.79. The van der Waals surface area contributed by atoms with E-state index >= 15 is 0 Å². The summed E-state index contributed by atoms with van der Waals surface area (Å²) in [6.07, 6.45) is 2.67. The molecule has 2 N–H and O–H groups in total.